The average Bonchev–Trinajstić information content (AvgIpc) is 2.91. The summed E-state index contributed by atoms with van der Waals surface area (Å²) in [5, 5.41) is 12.9. The molecular weight excluding hydrogens is 300 g/mol. The fourth-order valence-electron chi connectivity index (χ4n) is 2.41. The van der Waals surface area contributed by atoms with Gasteiger partial charge in [0, 0.05) is 12.1 Å². The largest absolute Gasteiger partial charge is 0.382 e. The van der Waals surface area contributed by atoms with Gasteiger partial charge in [-0.2, -0.15) is 0 Å². The van der Waals surface area contributed by atoms with Gasteiger partial charge in [-0.25, -0.2) is 9.97 Å². The summed E-state index contributed by atoms with van der Waals surface area (Å²) in [7, 11) is 0. The van der Waals surface area contributed by atoms with Crippen LogP contribution in [0.25, 0.3) is 10.2 Å². The molecule has 0 saturated heterocycles. The molecule has 0 radical (unpaired) electrons. The average molecular weight is 314 g/mol. The second kappa shape index (κ2) is 5.69. The van der Waals surface area contributed by atoms with Crippen LogP contribution < -0.4 is 5.73 Å². The van der Waals surface area contributed by atoms with Crippen molar-refractivity contribution in [3.8, 4) is 0 Å². The number of aryl methyl sites for hydroxylation is 3. The Balaban J connectivity index is 1.87. The van der Waals surface area contributed by atoms with Crippen LogP contribution in [0.5, 0.6) is 0 Å². The Morgan fingerprint density at radius 2 is 2.05 bits per heavy atom. The molecule has 3 rings (SSSR count). The van der Waals surface area contributed by atoms with Crippen LogP contribution in [0.3, 0.4) is 0 Å². The molecule has 3 aromatic rings. The molecule has 0 spiro atoms. The van der Waals surface area contributed by atoms with Gasteiger partial charge in [0.15, 0.2) is 0 Å². The van der Waals surface area contributed by atoms with E-state index >= 15 is 0 Å². The van der Waals surface area contributed by atoms with Crippen LogP contribution in [0.15, 0.2) is 29.9 Å². The van der Waals surface area contributed by atoms with Crippen LogP contribution in [-0.2, 0) is 12.8 Å². The summed E-state index contributed by atoms with van der Waals surface area (Å²) in [4.78, 5) is 18.8. The molecule has 0 atom stereocenters. The lowest BCUT2D eigenvalue weighted by Crippen LogP contribution is -1.97. The maximum absolute atomic E-state index is 10.9. The van der Waals surface area contributed by atoms with Gasteiger partial charge in [0.25, 0.3) is 5.69 Å². The van der Waals surface area contributed by atoms with E-state index in [1.54, 1.807) is 12.1 Å². The van der Waals surface area contributed by atoms with Crippen molar-refractivity contribution < 1.29 is 4.92 Å². The third-order valence-corrected chi connectivity index (χ3v) is 4.70. The van der Waals surface area contributed by atoms with Crippen LogP contribution in [0.4, 0.5) is 11.5 Å². The Bertz CT molecular complexity index is 860. The minimum atomic E-state index is -0.364. The Morgan fingerprint density at radius 3 is 2.82 bits per heavy atom. The summed E-state index contributed by atoms with van der Waals surface area (Å²) in [6, 6.07) is 4.97. The SMILES string of the molecule is Cc1ccc([N+](=O)[O-])cc1CCc1csc2c(N)ncnc12. The number of nitro benzene ring substituents is 1. The standard InChI is InChI=1S/C15H14N4O2S/c1-9-2-5-12(19(20)21)6-10(9)3-4-11-7-22-14-13(11)17-8-18-15(14)16/h2,5-8H,3-4H2,1H3,(H2,16,17,18). The highest BCUT2D eigenvalue weighted by atomic mass is 32.1. The first-order valence-corrected chi connectivity index (χ1v) is 7.64. The van der Waals surface area contributed by atoms with E-state index in [-0.39, 0.29) is 10.6 Å². The molecule has 7 heteroatoms. The van der Waals surface area contributed by atoms with Gasteiger partial charge in [0.2, 0.25) is 0 Å². The highest BCUT2D eigenvalue weighted by Gasteiger charge is 2.12. The fourth-order valence-corrected chi connectivity index (χ4v) is 3.36. The number of aromatic nitrogens is 2. The van der Waals surface area contributed by atoms with Crippen molar-refractivity contribution in [2.45, 2.75) is 19.8 Å². The van der Waals surface area contributed by atoms with E-state index < -0.39 is 0 Å². The van der Waals surface area contributed by atoms with Gasteiger partial charge in [-0.15, -0.1) is 11.3 Å². The van der Waals surface area contributed by atoms with Crippen molar-refractivity contribution in [1.82, 2.24) is 9.97 Å². The number of nitrogen functional groups attached to an aromatic ring is 1. The first kappa shape index (κ1) is 14.4. The summed E-state index contributed by atoms with van der Waals surface area (Å²) < 4.78 is 0.897. The number of nitrogens with two attached hydrogens (primary N) is 1. The molecule has 2 N–H and O–H groups in total. The molecule has 1 aromatic carbocycles. The Hall–Kier alpha value is -2.54. The second-order valence-corrected chi connectivity index (χ2v) is 5.95. The number of hydrogen-bond acceptors (Lipinski definition) is 6. The highest BCUT2D eigenvalue weighted by Crippen LogP contribution is 2.29. The van der Waals surface area contributed by atoms with E-state index in [1.165, 1.54) is 23.7 Å². The van der Waals surface area contributed by atoms with Crippen LogP contribution in [0, 0.1) is 17.0 Å². The molecule has 0 aliphatic carbocycles. The number of thiophene rings is 1. The van der Waals surface area contributed by atoms with Crippen molar-refractivity contribution in [3.63, 3.8) is 0 Å². The molecule has 0 fully saturated rings. The van der Waals surface area contributed by atoms with Gasteiger partial charge in [-0.05, 0) is 41.8 Å². The van der Waals surface area contributed by atoms with Crippen molar-refractivity contribution in [1.29, 1.82) is 0 Å². The predicted octanol–water partition coefficient (Wildman–Crippen LogP) is 3.28. The topological polar surface area (TPSA) is 94.9 Å². The van der Waals surface area contributed by atoms with Gasteiger partial charge >= 0.3 is 0 Å². The first-order valence-electron chi connectivity index (χ1n) is 6.76. The normalized spacial score (nSPS) is 11.0. The molecular formula is C15H14N4O2S. The zero-order valence-corrected chi connectivity index (χ0v) is 12.8. The van der Waals surface area contributed by atoms with Crippen LogP contribution >= 0.6 is 11.3 Å². The van der Waals surface area contributed by atoms with E-state index in [4.69, 9.17) is 5.73 Å². The summed E-state index contributed by atoms with van der Waals surface area (Å²) >= 11 is 1.53. The molecule has 22 heavy (non-hydrogen) atoms. The molecule has 6 nitrogen and oxygen atoms in total. The zero-order chi connectivity index (χ0) is 15.7. The van der Waals surface area contributed by atoms with Crippen molar-refractivity contribution in [3.05, 3.63) is 56.7 Å². The van der Waals surface area contributed by atoms with E-state index in [2.05, 4.69) is 9.97 Å². The smallest absolute Gasteiger partial charge is 0.269 e. The number of fused-ring (bicyclic) bond motifs is 1. The zero-order valence-electron chi connectivity index (χ0n) is 11.9. The van der Waals surface area contributed by atoms with Gasteiger partial charge in [-0.3, -0.25) is 10.1 Å². The monoisotopic (exact) mass is 314 g/mol. The number of anilines is 1. The minimum absolute atomic E-state index is 0.127. The summed E-state index contributed by atoms with van der Waals surface area (Å²) in [6.07, 6.45) is 2.95. The predicted molar refractivity (Wildman–Crippen MR) is 87.1 cm³/mol. The van der Waals surface area contributed by atoms with Gasteiger partial charge in [-0.1, -0.05) is 6.07 Å². The highest BCUT2D eigenvalue weighted by molar-refractivity contribution is 7.17. The summed E-state index contributed by atoms with van der Waals surface area (Å²) in [5.41, 5.74) is 9.98. The molecule has 2 aromatic heterocycles. The molecule has 112 valence electrons. The molecule has 0 aliphatic rings. The molecule has 2 heterocycles. The fraction of sp³-hybridized carbons (Fsp3) is 0.200. The third-order valence-electron chi connectivity index (χ3n) is 3.66. The summed E-state index contributed by atoms with van der Waals surface area (Å²) in [6.45, 7) is 1.96. The second-order valence-electron chi connectivity index (χ2n) is 5.07. The van der Waals surface area contributed by atoms with E-state index in [0.717, 1.165) is 39.7 Å². The van der Waals surface area contributed by atoms with Gasteiger partial charge < -0.3 is 5.73 Å². The van der Waals surface area contributed by atoms with Crippen molar-refractivity contribution in [2.24, 2.45) is 0 Å². The number of nitro groups is 1. The maximum atomic E-state index is 10.9. The number of hydrogen-bond donors (Lipinski definition) is 1. The lowest BCUT2D eigenvalue weighted by Gasteiger charge is -2.05. The summed E-state index contributed by atoms with van der Waals surface area (Å²) in [5.74, 6) is 0.493. The Labute approximate surface area is 130 Å². The number of non-ortho nitro benzene ring substituents is 1. The molecule has 0 unspecified atom stereocenters. The van der Waals surface area contributed by atoms with Crippen LogP contribution in [-0.4, -0.2) is 14.9 Å². The number of benzene rings is 1. The lowest BCUT2D eigenvalue weighted by atomic mass is 10.0. The van der Waals surface area contributed by atoms with Gasteiger partial charge in [0.1, 0.15) is 12.1 Å². The van der Waals surface area contributed by atoms with Crippen LogP contribution in [0.1, 0.15) is 16.7 Å². The van der Waals surface area contributed by atoms with E-state index in [9.17, 15) is 10.1 Å². The van der Waals surface area contributed by atoms with E-state index in [1.807, 2.05) is 12.3 Å². The molecule has 0 aliphatic heterocycles. The number of nitrogens with zero attached hydrogens (tertiary/aromatic N) is 3. The molecule has 0 bridgehead atoms. The quantitative estimate of drug-likeness (QED) is 0.589. The van der Waals surface area contributed by atoms with E-state index in [0.29, 0.717) is 5.82 Å². The third kappa shape index (κ3) is 2.62. The molecule has 0 amide bonds. The Kier molecular flexibility index (Phi) is 3.72. The number of rotatable bonds is 4. The maximum Gasteiger partial charge on any atom is 0.269 e. The lowest BCUT2D eigenvalue weighted by molar-refractivity contribution is -0.384. The molecule has 0 saturated carbocycles. The Morgan fingerprint density at radius 1 is 1.27 bits per heavy atom. The first-order chi connectivity index (χ1) is 10.6. The van der Waals surface area contributed by atoms with Crippen molar-refractivity contribution >= 4 is 33.1 Å². The van der Waals surface area contributed by atoms with Crippen LogP contribution in [0.2, 0.25) is 0 Å². The van der Waals surface area contributed by atoms with Crippen molar-refractivity contribution in [2.75, 3.05) is 5.73 Å². The van der Waals surface area contributed by atoms with Gasteiger partial charge in [0.05, 0.1) is 15.1 Å². The minimum Gasteiger partial charge on any atom is -0.382 e.